The van der Waals surface area contributed by atoms with Gasteiger partial charge in [0.2, 0.25) is 10.0 Å². The number of hydrogen-bond donors (Lipinski definition) is 1. The molecule has 0 saturated heterocycles. The van der Waals surface area contributed by atoms with E-state index in [1.165, 1.54) is 0 Å². The van der Waals surface area contributed by atoms with Crippen LogP contribution in [0.2, 0.25) is 0 Å². The van der Waals surface area contributed by atoms with Gasteiger partial charge in [-0.05, 0) is 41.2 Å². The van der Waals surface area contributed by atoms with Crippen LogP contribution in [0, 0.1) is 0 Å². The third kappa shape index (κ3) is 4.40. The SMILES string of the molecule is CC[C@H](CNS(=O)(=O)c1ccc(-c2ccccc2)cc1)c1ccccc1. The van der Waals surface area contributed by atoms with E-state index < -0.39 is 10.0 Å². The molecule has 26 heavy (non-hydrogen) atoms. The Bertz CT molecular complexity index is 921. The lowest BCUT2D eigenvalue weighted by atomic mass is 9.97. The predicted molar refractivity (Wildman–Crippen MR) is 107 cm³/mol. The highest BCUT2D eigenvalue weighted by molar-refractivity contribution is 7.89. The van der Waals surface area contributed by atoms with Gasteiger partial charge in [-0.3, -0.25) is 0 Å². The van der Waals surface area contributed by atoms with Crippen molar-refractivity contribution in [3.63, 3.8) is 0 Å². The van der Waals surface area contributed by atoms with Crippen LogP contribution in [0.25, 0.3) is 11.1 Å². The van der Waals surface area contributed by atoms with Gasteiger partial charge in [0.25, 0.3) is 0 Å². The van der Waals surface area contributed by atoms with Crippen LogP contribution in [0.5, 0.6) is 0 Å². The molecule has 134 valence electrons. The molecule has 0 unspecified atom stereocenters. The zero-order chi connectivity index (χ0) is 18.4. The number of benzene rings is 3. The van der Waals surface area contributed by atoms with Gasteiger partial charge in [0.1, 0.15) is 0 Å². The zero-order valence-corrected chi connectivity index (χ0v) is 15.6. The molecule has 0 aliphatic heterocycles. The minimum atomic E-state index is -3.52. The first-order valence-corrected chi connectivity index (χ1v) is 10.3. The molecule has 3 aromatic rings. The molecule has 3 rings (SSSR count). The maximum atomic E-state index is 12.6. The summed E-state index contributed by atoms with van der Waals surface area (Å²) < 4.78 is 28.0. The molecule has 1 atom stereocenters. The van der Waals surface area contributed by atoms with Gasteiger partial charge in [0, 0.05) is 6.54 Å². The average molecular weight is 365 g/mol. The Morgan fingerprint density at radius 2 is 1.31 bits per heavy atom. The second-order valence-electron chi connectivity index (χ2n) is 6.26. The summed E-state index contributed by atoms with van der Waals surface area (Å²) in [4.78, 5) is 0.292. The Kier molecular flexibility index (Phi) is 5.86. The topological polar surface area (TPSA) is 46.2 Å². The Morgan fingerprint density at radius 1 is 0.769 bits per heavy atom. The van der Waals surface area contributed by atoms with Crippen molar-refractivity contribution in [2.45, 2.75) is 24.2 Å². The highest BCUT2D eigenvalue weighted by atomic mass is 32.2. The molecule has 0 aliphatic rings. The van der Waals surface area contributed by atoms with Gasteiger partial charge in [-0.1, -0.05) is 79.7 Å². The van der Waals surface area contributed by atoms with E-state index in [0.717, 1.165) is 23.1 Å². The van der Waals surface area contributed by atoms with Gasteiger partial charge in [-0.2, -0.15) is 0 Å². The van der Waals surface area contributed by atoms with Crippen LogP contribution in [0.3, 0.4) is 0 Å². The molecule has 0 spiro atoms. The van der Waals surface area contributed by atoms with E-state index in [-0.39, 0.29) is 5.92 Å². The molecule has 0 heterocycles. The zero-order valence-electron chi connectivity index (χ0n) is 14.8. The van der Waals surface area contributed by atoms with Crippen molar-refractivity contribution >= 4 is 10.0 Å². The molecule has 0 aliphatic carbocycles. The van der Waals surface area contributed by atoms with Crippen molar-refractivity contribution in [2.24, 2.45) is 0 Å². The van der Waals surface area contributed by atoms with Crippen molar-refractivity contribution in [2.75, 3.05) is 6.54 Å². The summed E-state index contributed by atoms with van der Waals surface area (Å²) >= 11 is 0. The van der Waals surface area contributed by atoms with Crippen LogP contribution in [0.1, 0.15) is 24.8 Å². The maximum Gasteiger partial charge on any atom is 0.240 e. The molecule has 3 aromatic carbocycles. The standard InChI is InChI=1S/C22H23NO2S/c1-2-18(19-9-5-3-6-10-19)17-23-26(24,25)22-15-13-21(14-16-22)20-11-7-4-8-12-20/h3-16,18,23H,2,17H2,1H3/t18-/m1/s1. The van der Waals surface area contributed by atoms with Gasteiger partial charge in [-0.25, -0.2) is 13.1 Å². The van der Waals surface area contributed by atoms with Crippen LogP contribution in [0.4, 0.5) is 0 Å². The molecule has 0 amide bonds. The van der Waals surface area contributed by atoms with Gasteiger partial charge in [0.05, 0.1) is 4.90 Å². The maximum absolute atomic E-state index is 12.6. The summed E-state index contributed by atoms with van der Waals surface area (Å²) in [6.07, 6.45) is 0.874. The quantitative estimate of drug-likeness (QED) is 0.652. The fourth-order valence-electron chi connectivity index (χ4n) is 2.97. The average Bonchev–Trinajstić information content (AvgIpc) is 2.70. The molecule has 0 aromatic heterocycles. The summed E-state index contributed by atoms with van der Waals surface area (Å²) in [7, 11) is -3.52. The smallest absolute Gasteiger partial charge is 0.211 e. The van der Waals surface area contributed by atoms with E-state index >= 15 is 0 Å². The molecule has 0 saturated carbocycles. The third-order valence-electron chi connectivity index (χ3n) is 4.56. The highest BCUT2D eigenvalue weighted by Crippen LogP contribution is 2.22. The lowest BCUT2D eigenvalue weighted by Gasteiger charge is -2.16. The van der Waals surface area contributed by atoms with Crippen molar-refractivity contribution in [3.05, 3.63) is 90.5 Å². The minimum absolute atomic E-state index is 0.162. The molecule has 0 radical (unpaired) electrons. The van der Waals surface area contributed by atoms with Crippen molar-refractivity contribution in [1.82, 2.24) is 4.72 Å². The van der Waals surface area contributed by atoms with Crippen LogP contribution in [0.15, 0.2) is 89.8 Å². The summed E-state index contributed by atoms with van der Waals surface area (Å²) in [5.74, 6) is 0.162. The van der Waals surface area contributed by atoms with Crippen LogP contribution in [-0.2, 0) is 10.0 Å². The lowest BCUT2D eigenvalue weighted by molar-refractivity contribution is 0.566. The molecule has 4 heteroatoms. The summed E-state index contributed by atoms with van der Waals surface area (Å²) in [5, 5.41) is 0. The van der Waals surface area contributed by atoms with E-state index in [4.69, 9.17) is 0 Å². The Labute approximate surface area is 155 Å². The van der Waals surface area contributed by atoms with Crippen LogP contribution < -0.4 is 4.72 Å². The minimum Gasteiger partial charge on any atom is -0.211 e. The van der Waals surface area contributed by atoms with Crippen molar-refractivity contribution in [3.8, 4) is 11.1 Å². The highest BCUT2D eigenvalue weighted by Gasteiger charge is 2.17. The molecule has 1 N–H and O–H groups in total. The Hall–Kier alpha value is -2.43. The van der Waals surface area contributed by atoms with Crippen LogP contribution >= 0.6 is 0 Å². The van der Waals surface area contributed by atoms with E-state index in [0.29, 0.717) is 11.4 Å². The lowest BCUT2D eigenvalue weighted by Crippen LogP contribution is -2.28. The molecule has 0 bridgehead atoms. The molecule has 3 nitrogen and oxygen atoms in total. The molecular formula is C22H23NO2S. The van der Waals surface area contributed by atoms with Gasteiger partial charge in [-0.15, -0.1) is 0 Å². The first-order valence-electron chi connectivity index (χ1n) is 8.80. The van der Waals surface area contributed by atoms with E-state index in [9.17, 15) is 8.42 Å². The number of nitrogens with one attached hydrogen (secondary N) is 1. The summed E-state index contributed by atoms with van der Waals surface area (Å²) in [6, 6.07) is 26.9. The van der Waals surface area contributed by atoms with E-state index in [1.54, 1.807) is 12.1 Å². The second kappa shape index (κ2) is 8.30. The van der Waals surface area contributed by atoms with Crippen molar-refractivity contribution in [1.29, 1.82) is 0 Å². The number of hydrogen-bond acceptors (Lipinski definition) is 2. The monoisotopic (exact) mass is 365 g/mol. The van der Waals surface area contributed by atoms with Crippen molar-refractivity contribution < 1.29 is 8.42 Å². The fourth-order valence-corrected chi connectivity index (χ4v) is 4.06. The van der Waals surface area contributed by atoms with Gasteiger partial charge in [0.15, 0.2) is 0 Å². The first kappa shape index (κ1) is 18.4. The Balaban J connectivity index is 1.72. The molecular weight excluding hydrogens is 342 g/mol. The first-order chi connectivity index (χ1) is 12.6. The largest absolute Gasteiger partial charge is 0.240 e. The number of sulfonamides is 1. The molecule has 0 fully saturated rings. The second-order valence-corrected chi connectivity index (χ2v) is 8.03. The fraction of sp³-hybridized carbons (Fsp3) is 0.182. The Morgan fingerprint density at radius 3 is 1.88 bits per heavy atom. The summed E-state index contributed by atoms with van der Waals surface area (Å²) in [6.45, 7) is 2.46. The van der Waals surface area contributed by atoms with Crippen LogP contribution in [-0.4, -0.2) is 15.0 Å². The predicted octanol–water partition coefficient (Wildman–Crippen LogP) is 4.83. The normalized spacial score (nSPS) is 12.7. The van der Waals surface area contributed by atoms with E-state index in [2.05, 4.69) is 11.6 Å². The third-order valence-corrected chi connectivity index (χ3v) is 5.99. The summed E-state index contributed by atoms with van der Waals surface area (Å²) in [5.41, 5.74) is 3.22. The van der Waals surface area contributed by atoms with Gasteiger partial charge >= 0.3 is 0 Å². The van der Waals surface area contributed by atoms with E-state index in [1.807, 2.05) is 72.8 Å². The number of rotatable bonds is 7. The van der Waals surface area contributed by atoms with Gasteiger partial charge < -0.3 is 0 Å².